The van der Waals surface area contributed by atoms with E-state index in [1.54, 1.807) is 6.20 Å². The number of hydrogen-bond donors (Lipinski definition) is 0. The Morgan fingerprint density at radius 3 is 2.63 bits per heavy atom. The predicted octanol–water partition coefficient (Wildman–Crippen LogP) is 1.91. The molecule has 1 fully saturated rings. The van der Waals surface area contributed by atoms with Crippen molar-refractivity contribution in [3.05, 3.63) is 47.5 Å². The first-order valence-electron chi connectivity index (χ1n) is 9.59. The van der Waals surface area contributed by atoms with E-state index in [0.29, 0.717) is 38.2 Å². The molecule has 0 radical (unpaired) electrons. The molecular weight excluding hydrogens is 342 g/mol. The monoisotopic (exact) mass is 369 g/mol. The lowest BCUT2D eigenvalue weighted by molar-refractivity contribution is -0.130. The third-order valence-electron chi connectivity index (χ3n) is 4.82. The third kappa shape index (κ3) is 4.72. The van der Waals surface area contributed by atoms with Gasteiger partial charge >= 0.3 is 0 Å². The molecule has 1 aliphatic rings. The van der Waals surface area contributed by atoms with Crippen molar-refractivity contribution in [3.63, 3.8) is 0 Å². The second-order valence-corrected chi connectivity index (χ2v) is 6.92. The molecule has 0 N–H and O–H groups in total. The molecule has 144 valence electrons. The van der Waals surface area contributed by atoms with Gasteiger partial charge in [-0.3, -0.25) is 19.3 Å². The molecule has 27 heavy (non-hydrogen) atoms. The van der Waals surface area contributed by atoms with E-state index >= 15 is 0 Å². The van der Waals surface area contributed by atoms with Gasteiger partial charge in [-0.05, 0) is 31.9 Å². The van der Waals surface area contributed by atoms with Crippen LogP contribution in [0.3, 0.4) is 0 Å². The van der Waals surface area contributed by atoms with Gasteiger partial charge in [0.25, 0.3) is 5.91 Å². The molecule has 0 bridgehead atoms. The minimum atomic E-state index is 0.00822. The second-order valence-electron chi connectivity index (χ2n) is 6.92. The summed E-state index contributed by atoms with van der Waals surface area (Å²) in [5.41, 5.74) is 2.20. The van der Waals surface area contributed by atoms with E-state index in [1.165, 1.54) is 0 Å². The summed E-state index contributed by atoms with van der Waals surface area (Å²) in [4.78, 5) is 33.4. The molecule has 0 atom stereocenters. The molecule has 3 rings (SSSR count). The van der Waals surface area contributed by atoms with Crippen LogP contribution in [0, 0.1) is 6.92 Å². The van der Waals surface area contributed by atoms with Gasteiger partial charge in [-0.25, -0.2) is 0 Å². The molecule has 0 saturated carbocycles. The number of carbonyl (C=O) groups is 2. The van der Waals surface area contributed by atoms with Crippen molar-refractivity contribution in [2.45, 2.75) is 39.7 Å². The van der Waals surface area contributed by atoms with Gasteiger partial charge in [-0.15, -0.1) is 0 Å². The second kappa shape index (κ2) is 8.79. The molecular formula is C20H27N5O2. The minimum absolute atomic E-state index is 0.00822. The molecule has 7 nitrogen and oxygen atoms in total. The van der Waals surface area contributed by atoms with Crippen molar-refractivity contribution in [3.8, 4) is 0 Å². The first kappa shape index (κ1) is 19.1. The molecule has 1 aliphatic heterocycles. The topological polar surface area (TPSA) is 71.3 Å². The van der Waals surface area contributed by atoms with Crippen LogP contribution in [0.5, 0.6) is 0 Å². The number of rotatable bonds is 5. The number of pyridine rings is 1. The maximum absolute atomic E-state index is 12.9. The van der Waals surface area contributed by atoms with Crippen LogP contribution in [0.2, 0.25) is 0 Å². The van der Waals surface area contributed by atoms with E-state index in [0.717, 1.165) is 30.8 Å². The van der Waals surface area contributed by atoms with E-state index in [2.05, 4.69) is 17.0 Å². The Morgan fingerprint density at radius 1 is 1.11 bits per heavy atom. The van der Waals surface area contributed by atoms with Crippen LogP contribution in [0.1, 0.15) is 41.5 Å². The molecule has 2 aromatic heterocycles. The zero-order valence-electron chi connectivity index (χ0n) is 16.1. The van der Waals surface area contributed by atoms with Gasteiger partial charge in [0.15, 0.2) is 0 Å². The van der Waals surface area contributed by atoms with Crippen LogP contribution in [0.15, 0.2) is 30.6 Å². The van der Waals surface area contributed by atoms with Gasteiger partial charge in [0.05, 0.1) is 17.7 Å². The summed E-state index contributed by atoms with van der Waals surface area (Å²) in [7, 11) is 0. The van der Waals surface area contributed by atoms with Crippen molar-refractivity contribution >= 4 is 11.8 Å². The highest BCUT2D eigenvalue weighted by Gasteiger charge is 2.25. The summed E-state index contributed by atoms with van der Waals surface area (Å²) in [6.45, 7) is 7.20. The van der Waals surface area contributed by atoms with Gasteiger partial charge < -0.3 is 9.80 Å². The lowest BCUT2D eigenvalue weighted by atomic mass is 10.2. The molecule has 0 spiro atoms. The first-order chi connectivity index (χ1) is 13.1. The lowest BCUT2D eigenvalue weighted by Crippen LogP contribution is -2.38. The zero-order chi connectivity index (χ0) is 19.2. The van der Waals surface area contributed by atoms with Crippen LogP contribution >= 0.6 is 0 Å². The van der Waals surface area contributed by atoms with Crippen molar-refractivity contribution < 1.29 is 9.59 Å². The summed E-state index contributed by atoms with van der Waals surface area (Å²) >= 11 is 0. The van der Waals surface area contributed by atoms with E-state index in [9.17, 15) is 9.59 Å². The SMILES string of the molecule is CCCn1cc(C(=O)N2CCCN(C(=O)Cc3ccccn3)CC2)c(C)n1. The van der Waals surface area contributed by atoms with Crippen LogP contribution in [0.4, 0.5) is 0 Å². The van der Waals surface area contributed by atoms with E-state index in [-0.39, 0.29) is 11.8 Å². The fourth-order valence-corrected chi connectivity index (χ4v) is 3.38. The summed E-state index contributed by atoms with van der Waals surface area (Å²) in [6.07, 6.45) is 5.61. The maximum Gasteiger partial charge on any atom is 0.257 e. The van der Waals surface area contributed by atoms with Gasteiger partial charge in [-0.2, -0.15) is 5.10 Å². The molecule has 0 aromatic carbocycles. The molecule has 0 unspecified atom stereocenters. The minimum Gasteiger partial charge on any atom is -0.341 e. The van der Waals surface area contributed by atoms with Gasteiger partial charge in [-0.1, -0.05) is 13.0 Å². The standard InChI is InChI=1S/C20H27N5O2/c1-3-9-25-15-18(16(2)22-25)20(27)24-11-6-10-23(12-13-24)19(26)14-17-7-4-5-8-21-17/h4-5,7-8,15H,3,6,9-14H2,1-2H3. The number of carbonyl (C=O) groups excluding carboxylic acids is 2. The van der Waals surface area contributed by atoms with Crippen LogP contribution in [0.25, 0.3) is 0 Å². The zero-order valence-corrected chi connectivity index (χ0v) is 16.1. The van der Waals surface area contributed by atoms with Crippen molar-refractivity contribution in [1.82, 2.24) is 24.6 Å². The Bertz CT molecular complexity index is 787. The van der Waals surface area contributed by atoms with Crippen LogP contribution in [-0.2, 0) is 17.8 Å². The number of aryl methyl sites for hydroxylation is 2. The smallest absolute Gasteiger partial charge is 0.257 e. The Balaban J connectivity index is 1.61. The highest BCUT2D eigenvalue weighted by Crippen LogP contribution is 2.13. The summed E-state index contributed by atoms with van der Waals surface area (Å²) in [5.74, 6) is 0.0730. The third-order valence-corrected chi connectivity index (χ3v) is 4.82. The Hall–Kier alpha value is -2.70. The predicted molar refractivity (Wildman–Crippen MR) is 102 cm³/mol. The Labute approximate surface area is 160 Å². The largest absolute Gasteiger partial charge is 0.341 e. The Kier molecular flexibility index (Phi) is 6.21. The maximum atomic E-state index is 12.9. The average Bonchev–Trinajstić information content (AvgIpc) is 2.88. The molecule has 0 aliphatic carbocycles. The van der Waals surface area contributed by atoms with Gasteiger partial charge in [0, 0.05) is 50.8 Å². The number of nitrogens with zero attached hydrogens (tertiary/aromatic N) is 5. The first-order valence-corrected chi connectivity index (χ1v) is 9.59. The highest BCUT2D eigenvalue weighted by molar-refractivity contribution is 5.95. The van der Waals surface area contributed by atoms with Crippen LogP contribution < -0.4 is 0 Å². The van der Waals surface area contributed by atoms with Crippen LogP contribution in [-0.4, -0.2) is 62.6 Å². The van der Waals surface area contributed by atoms with E-state index in [1.807, 2.05) is 45.8 Å². The van der Waals surface area contributed by atoms with Crippen molar-refractivity contribution in [1.29, 1.82) is 0 Å². The molecule has 3 heterocycles. The number of hydrogen-bond acceptors (Lipinski definition) is 4. The molecule has 2 amide bonds. The highest BCUT2D eigenvalue weighted by atomic mass is 16.2. The lowest BCUT2D eigenvalue weighted by Gasteiger charge is -2.22. The number of aromatic nitrogens is 3. The molecule has 1 saturated heterocycles. The summed E-state index contributed by atoms with van der Waals surface area (Å²) in [5, 5.41) is 4.43. The van der Waals surface area contributed by atoms with Gasteiger partial charge in [0.2, 0.25) is 5.91 Å². The van der Waals surface area contributed by atoms with E-state index < -0.39 is 0 Å². The van der Waals surface area contributed by atoms with E-state index in [4.69, 9.17) is 0 Å². The number of amides is 2. The van der Waals surface area contributed by atoms with Crippen molar-refractivity contribution in [2.24, 2.45) is 0 Å². The molecule has 2 aromatic rings. The van der Waals surface area contributed by atoms with Crippen molar-refractivity contribution in [2.75, 3.05) is 26.2 Å². The summed E-state index contributed by atoms with van der Waals surface area (Å²) < 4.78 is 1.84. The Morgan fingerprint density at radius 2 is 1.89 bits per heavy atom. The quantitative estimate of drug-likeness (QED) is 0.807. The molecule has 7 heteroatoms. The summed E-state index contributed by atoms with van der Waals surface area (Å²) in [6, 6.07) is 5.59. The fraction of sp³-hybridized carbons (Fsp3) is 0.500. The van der Waals surface area contributed by atoms with Gasteiger partial charge in [0.1, 0.15) is 0 Å². The normalized spacial score (nSPS) is 14.9. The average molecular weight is 369 g/mol. The fourth-order valence-electron chi connectivity index (χ4n) is 3.38.